The first-order valence-corrected chi connectivity index (χ1v) is 5.50. The van der Waals surface area contributed by atoms with E-state index in [4.69, 9.17) is 10.5 Å². The fourth-order valence-corrected chi connectivity index (χ4v) is 1.52. The molecule has 0 heterocycles. The zero-order valence-corrected chi connectivity index (χ0v) is 10.6. The van der Waals surface area contributed by atoms with Gasteiger partial charge in [0.2, 0.25) is 0 Å². The Bertz CT molecular complexity index is 258. The van der Waals surface area contributed by atoms with Gasteiger partial charge in [-0.05, 0) is 11.8 Å². The van der Waals surface area contributed by atoms with E-state index in [1.807, 2.05) is 0 Å². The van der Waals surface area contributed by atoms with Crippen molar-refractivity contribution in [2.75, 3.05) is 6.61 Å². The second kappa shape index (κ2) is 5.71. The minimum absolute atomic E-state index is 0.107. The van der Waals surface area contributed by atoms with Crippen LogP contribution >= 0.6 is 0 Å². The molecule has 0 aromatic carbocycles. The Morgan fingerprint density at radius 3 is 2.06 bits per heavy atom. The lowest BCUT2D eigenvalue weighted by molar-refractivity contribution is -0.184. The number of halogens is 3. The standard InChI is InChI=1S/C11H20F3NO2/c1-5-6-17-9(16)7(10(2,3)4)8(15)11(12,13)14/h7-8H,5-6,15H2,1-4H3/t7-,8-/m0/s1. The van der Waals surface area contributed by atoms with Crippen molar-refractivity contribution in [1.82, 2.24) is 0 Å². The first kappa shape index (κ1) is 16.2. The van der Waals surface area contributed by atoms with Gasteiger partial charge >= 0.3 is 12.1 Å². The molecular weight excluding hydrogens is 235 g/mol. The molecule has 0 fully saturated rings. The average Bonchev–Trinajstić information content (AvgIpc) is 2.11. The minimum Gasteiger partial charge on any atom is -0.465 e. The first-order chi connectivity index (χ1) is 7.51. The lowest BCUT2D eigenvalue weighted by Gasteiger charge is -2.34. The van der Waals surface area contributed by atoms with Crippen LogP contribution in [0.25, 0.3) is 0 Å². The van der Waals surface area contributed by atoms with Crippen LogP contribution in [0.5, 0.6) is 0 Å². The fraction of sp³-hybridized carbons (Fsp3) is 0.909. The summed E-state index contributed by atoms with van der Waals surface area (Å²) in [6.07, 6.45) is -4.05. The molecule has 3 nitrogen and oxygen atoms in total. The third-order valence-electron chi connectivity index (χ3n) is 2.37. The minimum atomic E-state index is -4.61. The number of hydrogen-bond donors (Lipinski definition) is 1. The Kier molecular flexibility index (Phi) is 5.45. The smallest absolute Gasteiger partial charge is 0.404 e. The largest absolute Gasteiger partial charge is 0.465 e. The lowest BCUT2D eigenvalue weighted by atomic mass is 9.76. The van der Waals surface area contributed by atoms with Crippen LogP contribution in [0.4, 0.5) is 13.2 Å². The average molecular weight is 255 g/mol. The summed E-state index contributed by atoms with van der Waals surface area (Å²) >= 11 is 0. The van der Waals surface area contributed by atoms with Gasteiger partial charge < -0.3 is 10.5 Å². The van der Waals surface area contributed by atoms with Gasteiger partial charge in [0.25, 0.3) is 0 Å². The van der Waals surface area contributed by atoms with Gasteiger partial charge in [0, 0.05) is 0 Å². The molecule has 17 heavy (non-hydrogen) atoms. The number of carbonyl (C=O) groups excluding carboxylic acids is 1. The van der Waals surface area contributed by atoms with Crippen molar-refractivity contribution < 1.29 is 22.7 Å². The molecule has 0 bridgehead atoms. The number of nitrogens with two attached hydrogens (primary N) is 1. The summed E-state index contributed by atoms with van der Waals surface area (Å²) in [5.41, 5.74) is 4.22. The maximum absolute atomic E-state index is 12.6. The third kappa shape index (κ3) is 4.93. The van der Waals surface area contributed by atoms with E-state index in [9.17, 15) is 18.0 Å². The summed E-state index contributed by atoms with van der Waals surface area (Å²) in [5, 5.41) is 0. The Balaban J connectivity index is 4.97. The number of alkyl halides is 3. The molecule has 0 aromatic heterocycles. The van der Waals surface area contributed by atoms with E-state index in [1.165, 1.54) is 20.8 Å². The molecule has 0 aliphatic heterocycles. The Labute approximate surface area is 99.5 Å². The molecule has 0 spiro atoms. The number of ether oxygens (including phenoxy) is 1. The van der Waals surface area contributed by atoms with E-state index in [0.717, 1.165) is 0 Å². The van der Waals surface area contributed by atoms with Crippen LogP contribution in [0, 0.1) is 11.3 Å². The topological polar surface area (TPSA) is 52.3 Å². The third-order valence-corrected chi connectivity index (χ3v) is 2.37. The number of rotatable bonds is 4. The van der Waals surface area contributed by atoms with Crippen LogP contribution in [0.15, 0.2) is 0 Å². The highest BCUT2D eigenvalue weighted by molar-refractivity contribution is 5.74. The molecule has 0 aromatic rings. The van der Waals surface area contributed by atoms with Crippen molar-refractivity contribution in [1.29, 1.82) is 0 Å². The lowest BCUT2D eigenvalue weighted by Crippen LogP contribution is -2.52. The summed E-state index contributed by atoms with van der Waals surface area (Å²) in [5.74, 6) is -2.28. The zero-order chi connectivity index (χ0) is 13.9. The van der Waals surface area contributed by atoms with E-state index < -0.39 is 29.5 Å². The van der Waals surface area contributed by atoms with Gasteiger partial charge in [-0.15, -0.1) is 0 Å². The van der Waals surface area contributed by atoms with Crippen LogP contribution in [0.1, 0.15) is 34.1 Å². The second-order valence-corrected chi connectivity index (χ2v) is 5.08. The van der Waals surface area contributed by atoms with Crippen molar-refractivity contribution in [2.24, 2.45) is 17.1 Å². The Morgan fingerprint density at radius 1 is 1.29 bits per heavy atom. The van der Waals surface area contributed by atoms with Crippen molar-refractivity contribution in [3.63, 3.8) is 0 Å². The zero-order valence-electron chi connectivity index (χ0n) is 10.6. The summed E-state index contributed by atoms with van der Waals surface area (Å²) in [6, 6.07) is -2.20. The highest BCUT2D eigenvalue weighted by Crippen LogP contribution is 2.35. The van der Waals surface area contributed by atoms with Gasteiger partial charge in [0.05, 0.1) is 12.5 Å². The van der Waals surface area contributed by atoms with Crippen LogP contribution in [0.2, 0.25) is 0 Å². The van der Waals surface area contributed by atoms with Gasteiger partial charge in [-0.1, -0.05) is 27.7 Å². The summed E-state index contributed by atoms with van der Waals surface area (Å²) in [7, 11) is 0. The van der Waals surface area contributed by atoms with Gasteiger partial charge in [-0.2, -0.15) is 13.2 Å². The molecule has 0 unspecified atom stereocenters. The van der Waals surface area contributed by atoms with Crippen LogP contribution in [-0.4, -0.2) is 24.8 Å². The maximum Gasteiger partial charge on any atom is 0.404 e. The highest BCUT2D eigenvalue weighted by Gasteiger charge is 2.50. The van der Waals surface area contributed by atoms with Gasteiger partial charge in [0.15, 0.2) is 0 Å². The second-order valence-electron chi connectivity index (χ2n) is 5.08. The number of hydrogen-bond acceptors (Lipinski definition) is 3. The summed E-state index contributed by atoms with van der Waals surface area (Å²) in [6.45, 7) is 6.49. The van der Waals surface area contributed by atoms with Crippen molar-refractivity contribution in [3.8, 4) is 0 Å². The number of esters is 1. The molecule has 6 heteroatoms. The van der Waals surface area contributed by atoms with Crippen LogP contribution in [0.3, 0.4) is 0 Å². The van der Waals surface area contributed by atoms with E-state index >= 15 is 0 Å². The van der Waals surface area contributed by atoms with Crippen molar-refractivity contribution in [2.45, 2.75) is 46.3 Å². The Morgan fingerprint density at radius 2 is 1.76 bits per heavy atom. The van der Waals surface area contributed by atoms with E-state index in [2.05, 4.69) is 0 Å². The van der Waals surface area contributed by atoms with Crippen LogP contribution < -0.4 is 5.73 Å². The summed E-state index contributed by atoms with van der Waals surface area (Å²) < 4.78 is 42.5. The quantitative estimate of drug-likeness (QED) is 0.785. The van der Waals surface area contributed by atoms with E-state index in [1.54, 1.807) is 6.92 Å². The summed E-state index contributed by atoms with van der Waals surface area (Å²) in [4.78, 5) is 11.6. The predicted octanol–water partition coefficient (Wildman–Crippen LogP) is 2.49. The molecule has 2 N–H and O–H groups in total. The molecule has 102 valence electrons. The molecular formula is C11H20F3NO2. The van der Waals surface area contributed by atoms with Crippen molar-refractivity contribution in [3.05, 3.63) is 0 Å². The van der Waals surface area contributed by atoms with Gasteiger partial charge in [-0.25, -0.2) is 0 Å². The maximum atomic E-state index is 12.6. The molecule has 0 saturated heterocycles. The van der Waals surface area contributed by atoms with Crippen LogP contribution in [-0.2, 0) is 9.53 Å². The van der Waals surface area contributed by atoms with E-state index in [-0.39, 0.29) is 6.61 Å². The number of carbonyl (C=O) groups is 1. The molecule has 0 rings (SSSR count). The molecule has 0 amide bonds. The predicted molar refractivity (Wildman–Crippen MR) is 58.2 cm³/mol. The molecule has 0 radical (unpaired) electrons. The first-order valence-electron chi connectivity index (χ1n) is 5.50. The molecule has 0 aliphatic rings. The monoisotopic (exact) mass is 255 g/mol. The van der Waals surface area contributed by atoms with Crippen molar-refractivity contribution >= 4 is 5.97 Å². The molecule has 0 saturated carbocycles. The fourth-order valence-electron chi connectivity index (χ4n) is 1.52. The van der Waals surface area contributed by atoms with Gasteiger partial charge in [0.1, 0.15) is 6.04 Å². The molecule has 0 aliphatic carbocycles. The normalized spacial score (nSPS) is 16.5. The van der Waals surface area contributed by atoms with Gasteiger partial charge in [-0.3, -0.25) is 4.79 Å². The molecule has 2 atom stereocenters. The highest BCUT2D eigenvalue weighted by atomic mass is 19.4. The SMILES string of the molecule is CCCOC(=O)[C@H]([C@H](N)C(F)(F)F)C(C)(C)C. The Hall–Kier alpha value is -0.780. The van der Waals surface area contributed by atoms with E-state index in [0.29, 0.717) is 6.42 Å².